The molecule has 0 unspecified atom stereocenters. The molecule has 3 rings (SSSR count). The van der Waals surface area contributed by atoms with E-state index in [-0.39, 0.29) is 0 Å². The molecule has 0 radical (unpaired) electrons. The standard InChI is InChI=1S/C20H21NO4/c22-18-8-6-16(7-9-18)3-2-12-23-13-14-24-25-20-5-1-4-17-15-21-11-10-19(17)20/h1,4-11,15,22H,2-3,12-14H2. The average Bonchev–Trinajstić information content (AvgIpc) is 2.65. The van der Waals surface area contributed by atoms with Crippen LogP contribution in [0.4, 0.5) is 0 Å². The summed E-state index contributed by atoms with van der Waals surface area (Å²) < 4.78 is 5.54. The third-order valence-electron chi connectivity index (χ3n) is 3.79. The minimum atomic E-state index is 0.291. The van der Waals surface area contributed by atoms with Crippen LogP contribution in [0.5, 0.6) is 11.5 Å². The van der Waals surface area contributed by atoms with Gasteiger partial charge < -0.3 is 14.7 Å². The quantitative estimate of drug-likeness (QED) is 0.364. The topological polar surface area (TPSA) is 60.8 Å². The molecule has 1 heterocycles. The summed E-state index contributed by atoms with van der Waals surface area (Å²) in [5.41, 5.74) is 1.19. The van der Waals surface area contributed by atoms with Crippen LogP contribution in [-0.4, -0.2) is 29.9 Å². The van der Waals surface area contributed by atoms with Gasteiger partial charge >= 0.3 is 0 Å². The number of ether oxygens (including phenoxy) is 1. The molecule has 0 bridgehead atoms. The Balaban J connectivity index is 1.30. The van der Waals surface area contributed by atoms with Crippen LogP contribution >= 0.6 is 0 Å². The highest BCUT2D eigenvalue weighted by atomic mass is 17.2. The van der Waals surface area contributed by atoms with Crippen molar-refractivity contribution in [2.75, 3.05) is 19.8 Å². The number of phenols is 1. The first-order valence-corrected chi connectivity index (χ1v) is 8.31. The molecule has 5 heteroatoms. The van der Waals surface area contributed by atoms with Crippen LogP contribution in [0.25, 0.3) is 10.8 Å². The van der Waals surface area contributed by atoms with E-state index in [1.165, 1.54) is 5.56 Å². The molecule has 0 fully saturated rings. The number of fused-ring (bicyclic) bond motifs is 1. The van der Waals surface area contributed by atoms with Crippen molar-refractivity contribution in [1.82, 2.24) is 4.98 Å². The fourth-order valence-corrected chi connectivity index (χ4v) is 2.51. The predicted octanol–water partition coefficient (Wildman–Crippen LogP) is 3.90. The second-order valence-electron chi connectivity index (χ2n) is 5.64. The van der Waals surface area contributed by atoms with Gasteiger partial charge in [0.2, 0.25) is 0 Å². The lowest BCUT2D eigenvalue weighted by atomic mass is 10.1. The van der Waals surface area contributed by atoms with E-state index in [4.69, 9.17) is 14.5 Å². The zero-order chi connectivity index (χ0) is 17.3. The average molecular weight is 339 g/mol. The Labute approximate surface area is 146 Å². The molecule has 0 saturated carbocycles. The summed E-state index contributed by atoms with van der Waals surface area (Å²) in [6, 6.07) is 14.9. The van der Waals surface area contributed by atoms with Crippen molar-refractivity contribution < 1.29 is 19.6 Å². The molecule has 130 valence electrons. The second kappa shape index (κ2) is 9.01. The summed E-state index contributed by atoms with van der Waals surface area (Å²) in [6.07, 6.45) is 5.36. The van der Waals surface area contributed by atoms with Crippen molar-refractivity contribution in [2.45, 2.75) is 12.8 Å². The molecule has 0 aliphatic carbocycles. The summed E-state index contributed by atoms with van der Waals surface area (Å²) in [5.74, 6) is 0.965. The van der Waals surface area contributed by atoms with Gasteiger partial charge in [0.15, 0.2) is 5.75 Å². The molecule has 5 nitrogen and oxygen atoms in total. The van der Waals surface area contributed by atoms with Crippen LogP contribution in [-0.2, 0) is 16.0 Å². The summed E-state index contributed by atoms with van der Waals surface area (Å²) in [4.78, 5) is 14.7. The van der Waals surface area contributed by atoms with Crippen LogP contribution in [0, 0.1) is 0 Å². The highest BCUT2D eigenvalue weighted by molar-refractivity contribution is 5.87. The van der Waals surface area contributed by atoms with Gasteiger partial charge in [-0.25, -0.2) is 0 Å². The van der Waals surface area contributed by atoms with E-state index >= 15 is 0 Å². The van der Waals surface area contributed by atoms with Gasteiger partial charge in [0.25, 0.3) is 0 Å². The van der Waals surface area contributed by atoms with Crippen molar-refractivity contribution in [1.29, 1.82) is 0 Å². The number of hydrogen-bond acceptors (Lipinski definition) is 5. The van der Waals surface area contributed by atoms with Gasteiger partial charge in [-0.05, 0) is 42.7 Å². The van der Waals surface area contributed by atoms with Gasteiger partial charge in [0.05, 0.1) is 6.61 Å². The third-order valence-corrected chi connectivity index (χ3v) is 3.79. The lowest BCUT2D eigenvalue weighted by molar-refractivity contribution is -0.214. The third kappa shape index (κ3) is 5.17. The van der Waals surface area contributed by atoms with Crippen LogP contribution in [0.15, 0.2) is 60.9 Å². The zero-order valence-electron chi connectivity index (χ0n) is 13.9. The molecule has 0 atom stereocenters. The maximum Gasteiger partial charge on any atom is 0.173 e. The number of pyridine rings is 1. The molecule has 0 spiro atoms. The van der Waals surface area contributed by atoms with Crippen molar-refractivity contribution in [3.05, 3.63) is 66.5 Å². The predicted molar refractivity (Wildman–Crippen MR) is 95.6 cm³/mol. The Morgan fingerprint density at radius 3 is 2.68 bits per heavy atom. The summed E-state index contributed by atoms with van der Waals surface area (Å²) in [6.45, 7) is 1.49. The molecular weight excluding hydrogens is 318 g/mol. The van der Waals surface area contributed by atoms with Crippen LogP contribution in [0.2, 0.25) is 0 Å². The normalized spacial score (nSPS) is 10.9. The second-order valence-corrected chi connectivity index (χ2v) is 5.64. The molecule has 0 aliphatic heterocycles. The Bertz CT molecular complexity index is 784. The Kier molecular flexibility index (Phi) is 6.20. The molecule has 0 saturated heterocycles. The van der Waals surface area contributed by atoms with Gasteiger partial charge in [-0.15, -0.1) is 0 Å². The molecular formula is C20H21NO4. The van der Waals surface area contributed by atoms with E-state index in [0.717, 1.165) is 23.6 Å². The first-order chi connectivity index (χ1) is 12.3. The maximum absolute atomic E-state index is 9.24. The van der Waals surface area contributed by atoms with E-state index < -0.39 is 0 Å². The Morgan fingerprint density at radius 1 is 0.920 bits per heavy atom. The first-order valence-electron chi connectivity index (χ1n) is 8.31. The van der Waals surface area contributed by atoms with Gasteiger partial charge in [0.1, 0.15) is 12.4 Å². The Hall–Kier alpha value is -2.63. The fourth-order valence-electron chi connectivity index (χ4n) is 2.51. The molecule has 2 aromatic carbocycles. The number of phenolic OH excluding ortho intramolecular Hbond substituents is 1. The lowest BCUT2D eigenvalue weighted by Crippen LogP contribution is -2.08. The van der Waals surface area contributed by atoms with E-state index in [1.54, 1.807) is 24.5 Å². The number of rotatable bonds is 9. The summed E-state index contributed by atoms with van der Waals surface area (Å²) in [5, 5.41) is 11.2. The van der Waals surface area contributed by atoms with Crippen molar-refractivity contribution in [3.63, 3.8) is 0 Å². The molecule has 0 aliphatic rings. The lowest BCUT2D eigenvalue weighted by Gasteiger charge is -2.08. The smallest absolute Gasteiger partial charge is 0.173 e. The van der Waals surface area contributed by atoms with Gasteiger partial charge in [-0.2, -0.15) is 4.89 Å². The van der Waals surface area contributed by atoms with Gasteiger partial charge in [-0.1, -0.05) is 24.3 Å². The zero-order valence-corrected chi connectivity index (χ0v) is 13.9. The largest absolute Gasteiger partial charge is 0.508 e. The van der Waals surface area contributed by atoms with E-state index in [0.29, 0.717) is 31.3 Å². The highest BCUT2D eigenvalue weighted by Crippen LogP contribution is 2.24. The number of aryl methyl sites for hydroxylation is 1. The molecule has 0 amide bonds. The van der Waals surface area contributed by atoms with Crippen LogP contribution in [0.3, 0.4) is 0 Å². The summed E-state index contributed by atoms with van der Waals surface area (Å²) in [7, 11) is 0. The van der Waals surface area contributed by atoms with E-state index in [1.807, 2.05) is 36.4 Å². The van der Waals surface area contributed by atoms with Crippen LogP contribution in [0.1, 0.15) is 12.0 Å². The molecule has 1 aromatic heterocycles. The van der Waals surface area contributed by atoms with Gasteiger partial charge in [0, 0.05) is 29.8 Å². The van der Waals surface area contributed by atoms with Crippen molar-refractivity contribution in [2.24, 2.45) is 0 Å². The number of benzene rings is 2. The monoisotopic (exact) mass is 339 g/mol. The number of nitrogens with zero attached hydrogens (tertiary/aromatic N) is 1. The number of aromatic hydroxyl groups is 1. The summed E-state index contributed by atoms with van der Waals surface area (Å²) >= 11 is 0. The fraction of sp³-hybridized carbons (Fsp3) is 0.250. The van der Waals surface area contributed by atoms with E-state index in [2.05, 4.69) is 4.98 Å². The van der Waals surface area contributed by atoms with Crippen molar-refractivity contribution >= 4 is 10.8 Å². The minimum absolute atomic E-state index is 0.291. The molecule has 25 heavy (non-hydrogen) atoms. The number of hydrogen-bond donors (Lipinski definition) is 1. The SMILES string of the molecule is Oc1ccc(CCCOCCOOc2cccc3cnccc23)cc1. The first kappa shape index (κ1) is 17.2. The number of aromatic nitrogens is 1. The van der Waals surface area contributed by atoms with Gasteiger partial charge in [-0.3, -0.25) is 4.98 Å². The highest BCUT2D eigenvalue weighted by Gasteiger charge is 2.02. The molecule has 1 N–H and O–H groups in total. The molecule has 3 aromatic rings. The van der Waals surface area contributed by atoms with Crippen LogP contribution < -0.4 is 4.89 Å². The minimum Gasteiger partial charge on any atom is -0.508 e. The Morgan fingerprint density at radius 2 is 1.80 bits per heavy atom. The van der Waals surface area contributed by atoms with E-state index in [9.17, 15) is 5.11 Å². The van der Waals surface area contributed by atoms with Crippen molar-refractivity contribution in [3.8, 4) is 11.5 Å². The maximum atomic E-state index is 9.24.